The van der Waals surface area contributed by atoms with Crippen LogP contribution in [0, 0.1) is 5.41 Å². The lowest BCUT2D eigenvalue weighted by Crippen LogP contribution is -2.32. The maximum absolute atomic E-state index is 9.98. The average molecular weight is 292 g/mol. The second-order valence-corrected chi connectivity index (χ2v) is 4.59. The van der Waals surface area contributed by atoms with Crippen LogP contribution >= 0.6 is 0 Å². The number of hydrogen-bond donors (Lipinski definition) is 4. The lowest BCUT2D eigenvalue weighted by Gasteiger charge is -2.24. The number of benzene rings is 1. The number of para-hydroxylation sites is 1. The van der Waals surface area contributed by atoms with Gasteiger partial charge < -0.3 is 19.5 Å². The summed E-state index contributed by atoms with van der Waals surface area (Å²) in [5, 5.41) is 26.0. The first kappa shape index (κ1) is 17.8. The molecule has 0 radical (unpaired) electrons. The highest BCUT2D eigenvalue weighted by molar-refractivity contribution is 7.67. The average Bonchev–Trinajstić information content (AvgIpc) is 2.43. The zero-order chi connectivity index (χ0) is 14.7. The summed E-state index contributed by atoms with van der Waals surface area (Å²) in [4.78, 5) is 0. The van der Waals surface area contributed by atoms with Gasteiger partial charge in [0.15, 0.2) is 0 Å². The topological polar surface area (TPSA) is 104 Å². The quantitative estimate of drug-likeness (QED) is 0.548. The molecule has 6 nitrogen and oxygen atoms in total. The zero-order valence-electron chi connectivity index (χ0n) is 10.7. The molecule has 0 aliphatic carbocycles. The van der Waals surface area contributed by atoms with E-state index < -0.39 is 16.4 Å². The van der Waals surface area contributed by atoms with E-state index in [1.165, 1.54) is 0 Å². The van der Waals surface area contributed by atoms with E-state index in [2.05, 4.69) is 4.18 Å². The molecule has 0 atom stereocenters. The number of aliphatic hydroxyl groups is 3. The van der Waals surface area contributed by atoms with E-state index >= 15 is 0 Å². The summed E-state index contributed by atoms with van der Waals surface area (Å²) < 4.78 is 24.3. The number of hydrogen-bond acceptors (Lipinski definition) is 6. The Balaban J connectivity index is 0.000000344. The smallest absolute Gasteiger partial charge is 0.299 e. The van der Waals surface area contributed by atoms with E-state index in [-0.39, 0.29) is 19.8 Å². The van der Waals surface area contributed by atoms with E-state index in [0.717, 1.165) is 0 Å². The van der Waals surface area contributed by atoms with Crippen LogP contribution in [-0.4, -0.2) is 43.6 Å². The van der Waals surface area contributed by atoms with Crippen molar-refractivity contribution in [3.05, 3.63) is 30.3 Å². The Hall–Kier alpha value is -1.15. The van der Waals surface area contributed by atoms with Crippen LogP contribution in [0.5, 0.6) is 5.75 Å². The molecule has 1 rings (SSSR count). The third-order valence-corrected chi connectivity index (χ3v) is 3.04. The molecule has 0 saturated carbocycles. The molecule has 0 amide bonds. The first-order valence-corrected chi connectivity index (χ1v) is 6.83. The summed E-state index contributed by atoms with van der Waals surface area (Å²) in [5.74, 6) is 0.346. The van der Waals surface area contributed by atoms with E-state index in [4.69, 9.17) is 15.3 Å². The Morgan fingerprint density at radius 3 is 1.79 bits per heavy atom. The van der Waals surface area contributed by atoms with Gasteiger partial charge in [-0.3, -0.25) is 0 Å². The summed E-state index contributed by atoms with van der Waals surface area (Å²) >= 11 is 0. The Morgan fingerprint density at radius 1 is 1.05 bits per heavy atom. The molecule has 0 aliphatic heterocycles. The minimum absolute atomic E-state index is 0.156. The maximum Gasteiger partial charge on any atom is 0.299 e. The summed E-state index contributed by atoms with van der Waals surface area (Å²) in [6.45, 7) is 1.35. The second kappa shape index (κ2) is 9.74. The van der Waals surface area contributed by atoms with Crippen LogP contribution in [0.3, 0.4) is 0 Å². The van der Waals surface area contributed by atoms with Gasteiger partial charge in [0.25, 0.3) is 11.0 Å². The molecule has 19 heavy (non-hydrogen) atoms. The first-order valence-electron chi connectivity index (χ1n) is 5.73. The van der Waals surface area contributed by atoms with Crippen molar-refractivity contribution in [1.82, 2.24) is 0 Å². The molecular weight excluding hydrogens is 272 g/mol. The minimum Gasteiger partial charge on any atom is -0.396 e. The van der Waals surface area contributed by atoms with Crippen LogP contribution in [0.25, 0.3) is 0 Å². The fourth-order valence-electron chi connectivity index (χ4n) is 1.05. The Kier molecular flexibility index (Phi) is 9.15. The molecule has 0 unspecified atom stereocenters. The molecule has 7 heteroatoms. The molecular formula is C12H20O6S. The standard InChI is InChI=1S/C6H6O3S.C6H14O3/c7-10(8)9-6-4-2-1-3-5-6;1-2-6(3-7,4-8)5-9/h1-5,10H;7-9H,2-5H2,1H3. The van der Waals surface area contributed by atoms with E-state index in [0.29, 0.717) is 12.2 Å². The van der Waals surface area contributed by atoms with Crippen LogP contribution in [0.15, 0.2) is 30.3 Å². The molecule has 0 aliphatic rings. The van der Waals surface area contributed by atoms with E-state index in [1.54, 1.807) is 30.3 Å². The van der Waals surface area contributed by atoms with Crippen molar-refractivity contribution >= 4 is 11.0 Å². The molecule has 1 aromatic carbocycles. The Labute approximate surface area is 114 Å². The van der Waals surface area contributed by atoms with Crippen molar-refractivity contribution in [2.24, 2.45) is 5.41 Å². The molecule has 0 aromatic heterocycles. The minimum atomic E-state index is -2.78. The van der Waals surface area contributed by atoms with Gasteiger partial charge in [-0.25, -0.2) is 0 Å². The van der Waals surface area contributed by atoms with Gasteiger partial charge in [0.1, 0.15) is 5.75 Å². The van der Waals surface area contributed by atoms with Gasteiger partial charge in [-0.15, -0.1) is 0 Å². The van der Waals surface area contributed by atoms with Crippen molar-refractivity contribution in [2.45, 2.75) is 13.3 Å². The van der Waals surface area contributed by atoms with Crippen LogP contribution in [0.4, 0.5) is 0 Å². The second-order valence-electron chi connectivity index (χ2n) is 3.96. The van der Waals surface area contributed by atoms with Gasteiger partial charge in [0.2, 0.25) is 0 Å². The highest BCUT2D eigenvalue weighted by atomic mass is 32.2. The molecule has 0 heterocycles. The van der Waals surface area contributed by atoms with Gasteiger partial charge in [-0.1, -0.05) is 25.1 Å². The molecule has 0 bridgehead atoms. The Morgan fingerprint density at radius 2 is 1.53 bits per heavy atom. The number of thiol groups is 1. The number of rotatable bonds is 6. The summed E-state index contributed by atoms with van der Waals surface area (Å²) in [7, 11) is -2.78. The van der Waals surface area contributed by atoms with Gasteiger partial charge in [-0.2, -0.15) is 8.42 Å². The monoisotopic (exact) mass is 292 g/mol. The Bertz CT molecular complexity index is 374. The zero-order valence-corrected chi connectivity index (χ0v) is 11.6. The summed E-state index contributed by atoms with van der Waals surface area (Å²) in [6, 6.07) is 8.34. The van der Waals surface area contributed by atoms with Crippen LogP contribution in [-0.2, 0) is 11.0 Å². The lowest BCUT2D eigenvalue weighted by atomic mass is 9.88. The van der Waals surface area contributed by atoms with Crippen molar-refractivity contribution in [3.8, 4) is 5.75 Å². The van der Waals surface area contributed by atoms with Crippen molar-refractivity contribution in [1.29, 1.82) is 0 Å². The molecule has 0 saturated heterocycles. The van der Waals surface area contributed by atoms with Crippen molar-refractivity contribution in [3.63, 3.8) is 0 Å². The normalized spacial score (nSPS) is 10.8. The SMILES string of the molecule is CCC(CO)(CO)CO.O=[SH](=O)Oc1ccccc1. The van der Waals surface area contributed by atoms with Crippen molar-refractivity contribution < 1.29 is 27.9 Å². The van der Waals surface area contributed by atoms with Gasteiger partial charge in [0.05, 0.1) is 19.8 Å². The fourth-order valence-corrected chi connectivity index (χ4v) is 1.35. The number of aliphatic hydroxyl groups excluding tert-OH is 3. The predicted molar refractivity (Wildman–Crippen MR) is 71.4 cm³/mol. The molecule has 0 fully saturated rings. The highest BCUT2D eigenvalue weighted by Crippen LogP contribution is 2.18. The molecule has 0 spiro atoms. The summed E-state index contributed by atoms with van der Waals surface area (Å²) in [5.41, 5.74) is -0.667. The van der Waals surface area contributed by atoms with Gasteiger partial charge >= 0.3 is 0 Å². The van der Waals surface area contributed by atoms with Crippen LogP contribution in [0.2, 0.25) is 0 Å². The summed E-state index contributed by atoms with van der Waals surface area (Å²) in [6.07, 6.45) is 0.594. The molecule has 1 aromatic rings. The predicted octanol–water partition coefficient (Wildman–Crippen LogP) is -0.0485. The van der Waals surface area contributed by atoms with E-state index in [1.807, 2.05) is 6.92 Å². The van der Waals surface area contributed by atoms with Crippen LogP contribution in [0.1, 0.15) is 13.3 Å². The van der Waals surface area contributed by atoms with Crippen molar-refractivity contribution in [2.75, 3.05) is 19.8 Å². The van der Waals surface area contributed by atoms with E-state index in [9.17, 15) is 8.42 Å². The first-order chi connectivity index (χ1) is 9.03. The molecule has 3 N–H and O–H groups in total. The third-order valence-electron chi connectivity index (χ3n) is 2.68. The maximum atomic E-state index is 9.98. The van der Waals surface area contributed by atoms with Gasteiger partial charge in [0, 0.05) is 5.41 Å². The third kappa shape index (κ3) is 7.12. The highest BCUT2D eigenvalue weighted by Gasteiger charge is 2.24. The van der Waals surface area contributed by atoms with Gasteiger partial charge in [-0.05, 0) is 18.6 Å². The van der Waals surface area contributed by atoms with Crippen LogP contribution < -0.4 is 4.18 Å². The fraction of sp³-hybridized carbons (Fsp3) is 0.500. The largest absolute Gasteiger partial charge is 0.396 e. The lowest BCUT2D eigenvalue weighted by molar-refractivity contribution is 0.00304. The molecule has 110 valence electrons.